The van der Waals surface area contributed by atoms with Crippen LogP contribution in [-0.2, 0) is 86.3 Å². The minimum absolute atomic E-state index is 0.0418. The quantitative estimate of drug-likeness (QED) is 0.0340. The highest BCUT2D eigenvalue weighted by molar-refractivity contribution is 6.02. The number of likely N-dealkylation sites (tertiary alicyclic amines) is 5. The number of rotatable bonds is 44. The van der Waals surface area contributed by atoms with Gasteiger partial charge in [0.05, 0.1) is 18.7 Å². The SMILES string of the molecule is CC[C@H](C)[C@H](NC(=O)[C@H](C)NC(=O)[C@@H](N)C(C)C)C(=O)N[C@@H](CCC(N)=O)C(=O)N1CCC[C@H]1C(=O)N1CCC[C@H]1C(=O)N1CCC[C@H]1C(=O)N[C@H](C(=O)N[C@H](C(=O)N[C@H](C(=O)N[C@H](C(=O)N[C@@H](CC(C)C)C(=O)N1CCC[C@H]1C(=O)NCC(=O)N1CCC[C@H]1C(=O)N[C@H](C(=O)N[C@@H](CC(C)C)C(=O)O)[C@@H](C)CC)[C@@H](C)O)C(C)C)C(C)C)C(C)C. The van der Waals surface area contributed by atoms with E-state index in [1.54, 1.807) is 90.0 Å². The largest absolute Gasteiger partial charge is 0.480 e. The van der Waals surface area contributed by atoms with Crippen LogP contribution in [0.5, 0.6) is 0 Å². The molecule has 17 amide bonds. The van der Waals surface area contributed by atoms with Gasteiger partial charge in [-0.1, -0.05) is 124 Å². The molecule has 5 rings (SSSR count). The Morgan fingerprint density at radius 3 is 1.15 bits per heavy atom. The summed E-state index contributed by atoms with van der Waals surface area (Å²) in [6.07, 6.45) is 1.87. The monoisotopic (exact) mass is 1710 g/mol. The molecule has 0 spiro atoms. The summed E-state index contributed by atoms with van der Waals surface area (Å²) in [7, 11) is 0. The highest BCUT2D eigenvalue weighted by Gasteiger charge is 2.49. The van der Waals surface area contributed by atoms with E-state index in [0.29, 0.717) is 44.9 Å². The second kappa shape index (κ2) is 47.1. The Kier molecular flexibility index (Phi) is 39.7. The molecular formula is C83H140N18O20. The van der Waals surface area contributed by atoms with Gasteiger partial charge >= 0.3 is 5.97 Å². The van der Waals surface area contributed by atoms with E-state index in [1.807, 2.05) is 20.8 Å². The molecular weight excluding hydrogens is 1570 g/mol. The molecule has 5 heterocycles. The Morgan fingerprint density at radius 2 is 0.711 bits per heavy atom. The van der Waals surface area contributed by atoms with Gasteiger partial charge < -0.3 is 105 Å². The second-order valence-corrected chi connectivity index (χ2v) is 35.7. The Balaban J connectivity index is 1.22. The highest BCUT2D eigenvalue weighted by atomic mass is 16.4. The maximum absolute atomic E-state index is 14.8. The Bertz CT molecular complexity index is 3690. The lowest BCUT2D eigenvalue weighted by molar-refractivity contribution is -0.151. The number of amides is 17. The van der Waals surface area contributed by atoms with Crippen molar-refractivity contribution >= 4 is 106 Å². The van der Waals surface area contributed by atoms with Crippen LogP contribution in [0.3, 0.4) is 0 Å². The van der Waals surface area contributed by atoms with E-state index in [2.05, 4.69) is 58.5 Å². The predicted molar refractivity (Wildman–Crippen MR) is 445 cm³/mol. The number of aliphatic hydroxyl groups is 1. The van der Waals surface area contributed by atoms with Crippen molar-refractivity contribution in [2.24, 2.45) is 58.8 Å². The minimum Gasteiger partial charge on any atom is -0.480 e. The van der Waals surface area contributed by atoms with Crippen molar-refractivity contribution < 1.29 is 96.5 Å². The molecule has 5 saturated heterocycles. The summed E-state index contributed by atoms with van der Waals surface area (Å²) >= 11 is 0. The van der Waals surface area contributed by atoms with Crippen molar-refractivity contribution in [2.75, 3.05) is 39.3 Å². The number of hydrogen-bond donors (Lipinski definition) is 15. The topological polar surface area (TPSA) is 548 Å². The van der Waals surface area contributed by atoms with E-state index >= 15 is 0 Å². The average Bonchev–Trinajstić information content (AvgIpc) is 1.65. The summed E-state index contributed by atoms with van der Waals surface area (Å²) in [5.41, 5.74) is 11.5. The van der Waals surface area contributed by atoms with Crippen molar-refractivity contribution in [3.63, 3.8) is 0 Å². The zero-order valence-corrected chi connectivity index (χ0v) is 74.1. The smallest absolute Gasteiger partial charge is 0.326 e. The van der Waals surface area contributed by atoms with E-state index in [0.717, 1.165) is 0 Å². The summed E-state index contributed by atoms with van der Waals surface area (Å²) in [5, 5.41) is 50.3. The molecule has 0 aromatic rings. The van der Waals surface area contributed by atoms with E-state index in [1.165, 1.54) is 38.3 Å². The predicted octanol–water partition coefficient (Wildman–Crippen LogP) is -1.21. The van der Waals surface area contributed by atoms with Crippen LogP contribution in [0.4, 0.5) is 0 Å². The van der Waals surface area contributed by atoms with Crippen LogP contribution in [0, 0.1) is 47.3 Å². The standard InChI is InChI=1S/C83H140N18O20/c1-19-47(15)65(94-68(105)49(17)87-72(109)61(85)43(7)8)76(113)88-51(31-32-59(84)103)79(116)100-36-24-29-57(100)82(119)101-37-25-30-58(101)81(118)99-35-23-28-56(99)71(108)91-62(44(9)10)73(110)92-63(45(11)12)74(111)93-64(46(13)14)75(112)96-67(50(18)102)78(115)89-52(38-41(3)4)80(117)98-34-22-26-54(98)69(106)86-40-60(104)97-33-21-27-55(97)70(107)95-66(48(16)20-2)77(114)90-53(83(120)121)39-42(5)6/h41-58,61-67,102H,19-40,85H2,1-18H3,(H2,84,103)(H,86,106)(H,87,109)(H,88,113)(H,89,115)(H,90,114)(H,91,108)(H,92,110)(H,93,111)(H,94,105)(H,95,107)(H,96,112)(H,120,121)/t47-,48-,49-,50+,51-,52-,53-,54-,55-,56-,57-,58-,61-,62-,63-,64-,65-,66-,67-/m0/s1. The van der Waals surface area contributed by atoms with Crippen LogP contribution in [0.15, 0.2) is 0 Å². The van der Waals surface area contributed by atoms with Gasteiger partial charge in [0.25, 0.3) is 0 Å². The number of carboxylic acid groups (broad SMARTS) is 1. The van der Waals surface area contributed by atoms with Crippen LogP contribution in [0.25, 0.3) is 0 Å². The molecule has 5 aliphatic rings. The number of carbonyl (C=O) groups excluding carboxylic acids is 17. The van der Waals surface area contributed by atoms with Crippen molar-refractivity contribution in [3.8, 4) is 0 Å². The van der Waals surface area contributed by atoms with Crippen LogP contribution in [-0.4, -0.2) is 283 Å². The van der Waals surface area contributed by atoms with Gasteiger partial charge in [0.2, 0.25) is 100 Å². The van der Waals surface area contributed by atoms with Gasteiger partial charge in [-0.2, -0.15) is 0 Å². The van der Waals surface area contributed by atoms with Crippen LogP contribution in [0.2, 0.25) is 0 Å². The highest BCUT2D eigenvalue weighted by Crippen LogP contribution is 2.31. The lowest BCUT2D eigenvalue weighted by Crippen LogP contribution is -2.63. The van der Waals surface area contributed by atoms with E-state index in [4.69, 9.17) is 11.5 Å². The number of primary amides is 1. The van der Waals surface area contributed by atoms with Crippen LogP contribution < -0.4 is 70.0 Å². The van der Waals surface area contributed by atoms with E-state index in [-0.39, 0.29) is 108 Å². The minimum atomic E-state index is -1.72. The molecule has 0 aliphatic carbocycles. The summed E-state index contributed by atoms with van der Waals surface area (Å²) in [5.74, 6) is -16.6. The maximum Gasteiger partial charge on any atom is 0.326 e. The fourth-order valence-corrected chi connectivity index (χ4v) is 16.0. The van der Waals surface area contributed by atoms with Crippen molar-refractivity contribution in [2.45, 2.75) is 330 Å². The first-order valence-corrected chi connectivity index (χ1v) is 43.5. The molecule has 17 N–H and O–H groups in total. The third-order valence-corrected chi connectivity index (χ3v) is 23.7. The van der Waals surface area contributed by atoms with Gasteiger partial charge in [0.1, 0.15) is 90.6 Å². The molecule has 0 bridgehead atoms. The first-order chi connectivity index (χ1) is 56.7. The fourth-order valence-electron chi connectivity index (χ4n) is 16.0. The number of aliphatic carboxylic acids is 1. The molecule has 19 atom stereocenters. The molecule has 0 unspecified atom stereocenters. The first kappa shape index (κ1) is 102. The number of aliphatic hydroxyl groups excluding tert-OH is 1. The molecule has 0 radical (unpaired) electrons. The third-order valence-electron chi connectivity index (χ3n) is 23.7. The lowest BCUT2D eigenvalue weighted by atomic mass is 9.96. The van der Waals surface area contributed by atoms with Crippen molar-refractivity contribution in [1.82, 2.24) is 83.0 Å². The zero-order valence-electron chi connectivity index (χ0n) is 74.1. The molecule has 0 aromatic carbocycles. The van der Waals surface area contributed by atoms with Crippen molar-refractivity contribution in [1.29, 1.82) is 0 Å². The van der Waals surface area contributed by atoms with E-state index in [9.17, 15) is 96.5 Å². The van der Waals surface area contributed by atoms with Gasteiger partial charge in [-0.15, -0.1) is 0 Å². The Labute approximate surface area is 711 Å². The van der Waals surface area contributed by atoms with Gasteiger partial charge in [-0.3, -0.25) is 81.5 Å². The number of carbonyl (C=O) groups is 18. The van der Waals surface area contributed by atoms with Crippen LogP contribution in [0.1, 0.15) is 227 Å². The summed E-state index contributed by atoms with van der Waals surface area (Å²) < 4.78 is 0. The van der Waals surface area contributed by atoms with Crippen molar-refractivity contribution in [3.05, 3.63) is 0 Å². The molecule has 682 valence electrons. The van der Waals surface area contributed by atoms with Gasteiger partial charge in [0.15, 0.2) is 0 Å². The summed E-state index contributed by atoms with van der Waals surface area (Å²) in [6, 6.07) is -19.3. The molecule has 121 heavy (non-hydrogen) atoms. The Morgan fingerprint density at radius 1 is 0.372 bits per heavy atom. The molecule has 38 heteroatoms. The number of hydrogen-bond acceptors (Lipinski definition) is 20. The number of nitrogens with zero attached hydrogens (tertiary/aromatic N) is 5. The van der Waals surface area contributed by atoms with Gasteiger partial charge in [0, 0.05) is 39.1 Å². The van der Waals surface area contributed by atoms with Gasteiger partial charge in [-0.25, -0.2) is 4.79 Å². The second-order valence-electron chi connectivity index (χ2n) is 35.7. The summed E-state index contributed by atoms with van der Waals surface area (Å²) in [6.45, 7) is 30.3. The first-order valence-electron chi connectivity index (χ1n) is 43.5. The zero-order chi connectivity index (χ0) is 91.0. The number of nitrogens with one attached hydrogen (secondary N) is 11. The van der Waals surface area contributed by atoms with Gasteiger partial charge in [-0.05, 0) is 145 Å². The summed E-state index contributed by atoms with van der Waals surface area (Å²) in [4.78, 5) is 258. The lowest BCUT2D eigenvalue weighted by Gasteiger charge is -2.35. The number of carboxylic acids is 1. The Hall–Kier alpha value is -9.62. The van der Waals surface area contributed by atoms with E-state index < -0.39 is 245 Å². The fraction of sp³-hybridized carbons (Fsp3) is 0.783. The molecule has 0 aromatic heterocycles. The average molecular weight is 1710 g/mol. The molecule has 5 fully saturated rings. The maximum atomic E-state index is 14.8. The third kappa shape index (κ3) is 28.2. The molecule has 5 aliphatic heterocycles. The molecule has 38 nitrogen and oxygen atoms in total. The van der Waals surface area contributed by atoms with Crippen LogP contribution >= 0.6 is 0 Å². The molecule has 0 saturated carbocycles. The normalized spacial score (nSPS) is 21.4. The number of nitrogens with two attached hydrogens (primary N) is 2.